The smallest absolute Gasteiger partial charge is 0.0697 e. The molecule has 0 saturated carbocycles. The van der Waals surface area contributed by atoms with E-state index in [1.165, 1.54) is 5.56 Å². The van der Waals surface area contributed by atoms with Crippen LogP contribution in [0.15, 0.2) is 28.7 Å². The summed E-state index contributed by atoms with van der Waals surface area (Å²) in [5, 5.41) is 12.3. The lowest BCUT2D eigenvalue weighted by molar-refractivity contribution is 0.415. The number of hydrogen-bond acceptors (Lipinski definition) is 2. The third-order valence-electron chi connectivity index (χ3n) is 2.52. The predicted octanol–water partition coefficient (Wildman–Crippen LogP) is 3.65. The molecule has 1 unspecified atom stereocenters. The second-order valence-electron chi connectivity index (χ2n) is 4.65. The highest BCUT2D eigenvalue weighted by Gasteiger charge is 2.17. The van der Waals surface area contributed by atoms with E-state index in [4.69, 9.17) is 5.26 Å². The van der Waals surface area contributed by atoms with Gasteiger partial charge >= 0.3 is 0 Å². The second-order valence-corrected chi connectivity index (χ2v) is 5.57. The lowest BCUT2D eigenvalue weighted by Crippen LogP contribution is -2.30. The molecule has 1 N–H and O–H groups in total. The highest BCUT2D eigenvalue weighted by molar-refractivity contribution is 9.10. The van der Waals surface area contributed by atoms with Crippen molar-refractivity contribution in [2.45, 2.75) is 26.8 Å². The Labute approximate surface area is 106 Å². The van der Waals surface area contributed by atoms with E-state index >= 15 is 0 Å². The number of benzene rings is 1. The molecule has 0 aliphatic carbocycles. The topological polar surface area (TPSA) is 35.8 Å². The molecular weight excluding hydrogens is 264 g/mol. The van der Waals surface area contributed by atoms with Crippen LogP contribution in [0.4, 0.5) is 0 Å². The first kappa shape index (κ1) is 13.2. The standard InChI is InChI=1S/C13H17BrN2/c1-10(16-9-13(2,3)8-15)11-4-6-12(14)7-5-11/h4-7,10,16H,9H2,1-3H3. The molecule has 0 aromatic heterocycles. The van der Waals surface area contributed by atoms with Gasteiger partial charge in [0, 0.05) is 17.1 Å². The molecule has 0 radical (unpaired) electrons. The van der Waals surface area contributed by atoms with Gasteiger partial charge in [-0.05, 0) is 38.5 Å². The van der Waals surface area contributed by atoms with Gasteiger partial charge in [-0.15, -0.1) is 0 Å². The van der Waals surface area contributed by atoms with Gasteiger partial charge in [0.1, 0.15) is 0 Å². The summed E-state index contributed by atoms with van der Waals surface area (Å²) < 4.78 is 1.08. The van der Waals surface area contributed by atoms with Crippen LogP contribution in [0.3, 0.4) is 0 Å². The van der Waals surface area contributed by atoms with Crippen LogP contribution in [0.1, 0.15) is 32.4 Å². The summed E-state index contributed by atoms with van der Waals surface area (Å²) in [6.45, 7) is 6.68. The molecule has 0 amide bonds. The van der Waals surface area contributed by atoms with Gasteiger partial charge < -0.3 is 5.32 Å². The van der Waals surface area contributed by atoms with Gasteiger partial charge in [-0.3, -0.25) is 0 Å². The van der Waals surface area contributed by atoms with Crippen LogP contribution in [0, 0.1) is 16.7 Å². The number of nitriles is 1. The number of hydrogen-bond donors (Lipinski definition) is 1. The van der Waals surface area contributed by atoms with Crippen molar-refractivity contribution in [3.63, 3.8) is 0 Å². The van der Waals surface area contributed by atoms with Crippen LogP contribution in [0.25, 0.3) is 0 Å². The molecule has 0 spiro atoms. The maximum absolute atomic E-state index is 8.92. The first-order chi connectivity index (χ1) is 7.44. The Bertz CT molecular complexity index is 376. The monoisotopic (exact) mass is 280 g/mol. The van der Waals surface area contributed by atoms with Crippen molar-refractivity contribution < 1.29 is 0 Å². The molecule has 0 heterocycles. The van der Waals surface area contributed by atoms with Gasteiger partial charge in [0.05, 0.1) is 11.5 Å². The summed E-state index contributed by atoms with van der Waals surface area (Å²) in [4.78, 5) is 0. The van der Waals surface area contributed by atoms with E-state index in [0.29, 0.717) is 6.54 Å². The summed E-state index contributed by atoms with van der Waals surface area (Å²) in [5.41, 5.74) is 0.917. The number of rotatable bonds is 4. The summed E-state index contributed by atoms with van der Waals surface area (Å²) in [5.74, 6) is 0. The van der Waals surface area contributed by atoms with Crippen molar-refractivity contribution >= 4 is 15.9 Å². The highest BCUT2D eigenvalue weighted by Crippen LogP contribution is 2.18. The molecule has 1 rings (SSSR count). The fraction of sp³-hybridized carbons (Fsp3) is 0.462. The minimum atomic E-state index is -0.316. The van der Waals surface area contributed by atoms with Gasteiger partial charge in [-0.2, -0.15) is 5.26 Å². The molecule has 0 aliphatic heterocycles. The van der Waals surface area contributed by atoms with Gasteiger partial charge in [-0.1, -0.05) is 28.1 Å². The molecule has 1 aromatic carbocycles. The van der Waals surface area contributed by atoms with Gasteiger partial charge in [0.15, 0.2) is 0 Å². The highest BCUT2D eigenvalue weighted by atomic mass is 79.9. The first-order valence-corrected chi connectivity index (χ1v) is 6.14. The Hall–Kier alpha value is -0.850. The number of nitrogens with zero attached hydrogens (tertiary/aromatic N) is 1. The molecule has 1 atom stereocenters. The Balaban J connectivity index is 2.57. The minimum Gasteiger partial charge on any atom is -0.309 e. The van der Waals surface area contributed by atoms with Crippen molar-refractivity contribution in [1.29, 1.82) is 5.26 Å². The van der Waals surface area contributed by atoms with Crippen molar-refractivity contribution in [3.05, 3.63) is 34.3 Å². The van der Waals surface area contributed by atoms with E-state index in [9.17, 15) is 0 Å². The molecule has 0 saturated heterocycles. The maximum Gasteiger partial charge on any atom is 0.0697 e. The summed E-state index contributed by atoms with van der Waals surface area (Å²) in [7, 11) is 0. The molecule has 2 nitrogen and oxygen atoms in total. The van der Waals surface area contributed by atoms with Gasteiger partial charge in [0.2, 0.25) is 0 Å². The fourth-order valence-electron chi connectivity index (χ4n) is 1.32. The fourth-order valence-corrected chi connectivity index (χ4v) is 1.58. The quantitative estimate of drug-likeness (QED) is 0.914. The molecule has 0 bridgehead atoms. The van der Waals surface area contributed by atoms with E-state index < -0.39 is 0 Å². The van der Waals surface area contributed by atoms with E-state index in [1.54, 1.807) is 0 Å². The third-order valence-corrected chi connectivity index (χ3v) is 3.05. The van der Waals surface area contributed by atoms with Crippen LogP contribution >= 0.6 is 15.9 Å². The van der Waals surface area contributed by atoms with Crippen molar-refractivity contribution in [3.8, 4) is 6.07 Å². The van der Waals surface area contributed by atoms with E-state index in [2.05, 4.69) is 46.4 Å². The summed E-state index contributed by atoms with van der Waals surface area (Å²) in [6.07, 6.45) is 0. The van der Waals surface area contributed by atoms with E-state index in [0.717, 1.165) is 4.47 Å². The van der Waals surface area contributed by atoms with Crippen LogP contribution in [0.2, 0.25) is 0 Å². The molecule has 0 aliphatic rings. The Kier molecular flexibility index (Phi) is 4.52. The van der Waals surface area contributed by atoms with Crippen LogP contribution < -0.4 is 5.32 Å². The van der Waals surface area contributed by atoms with Gasteiger partial charge in [-0.25, -0.2) is 0 Å². The zero-order chi connectivity index (χ0) is 12.2. The second kappa shape index (κ2) is 5.47. The average Bonchev–Trinajstić information content (AvgIpc) is 2.27. The zero-order valence-electron chi connectivity index (χ0n) is 9.92. The summed E-state index contributed by atoms with van der Waals surface area (Å²) in [6, 6.07) is 10.8. The molecule has 1 aromatic rings. The molecule has 0 fully saturated rings. The minimum absolute atomic E-state index is 0.265. The maximum atomic E-state index is 8.92. The Morgan fingerprint density at radius 2 is 1.94 bits per heavy atom. The predicted molar refractivity (Wildman–Crippen MR) is 70.0 cm³/mol. The van der Waals surface area contributed by atoms with Crippen LogP contribution in [0.5, 0.6) is 0 Å². The molecule has 3 heteroatoms. The van der Waals surface area contributed by atoms with E-state index in [1.807, 2.05) is 26.0 Å². The first-order valence-electron chi connectivity index (χ1n) is 5.35. The number of nitrogens with one attached hydrogen (secondary N) is 1. The zero-order valence-corrected chi connectivity index (χ0v) is 11.5. The normalized spacial score (nSPS) is 13.2. The lowest BCUT2D eigenvalue weighted by atomic mass is 9.95. The van der Waals surface area contributed by atoms with Crippen LogP contribution in [-0.4, -0.2) is 6.54 Å². The Morgan fingerprint density at radius 1 is 1.38 bits per heavy atom. The molecule has 86 valence electrons. The SMILES string of the molecule is CC(NCC(C)(C)C#N)c1ccc(Br)cc1. The van der Waals surface area contributed by atoms with Crippen LogP contribution in [-0.2, 0) is 0 Å². The van der Waals surface area contributed by atoms with Crippen molar-refractivity contribution in [2.24, 2.45) is 5.41 Å². The third kappa shape index (κ3) is 3.96. The average molecular weight is 281 g/mol. The van der Waals surface area contributed by atoms with Crippen molar-refractivity contribution in [1.82, 2.24) is 5.32 Å². The van der Waals surface area contributed by atoms with Gasteiger partial charge in [0.25, 0.3) is 0 Å². The Morgan fingerprint density at radius 3 is 2.44 bits per heavy atom. The summed E-state index contributed by atoms with van der Waals surface area (Å²) >= 11 is 3.41. The largest absolute Gasteiger partial charge is 0.309 e. The molecule has 16 heavy (non-hydrogen) atoms. The molecular formula is C13H17BrN2. The van der Waals surface area contributed by atoms with E-state index in [-0.39, 0.29) is 11.5 Å². The number of halogens is 1. The van der Waals surface area contributed by atoms with Crippen molar-refractivity contribution in [2.75, 3.05) is 6.54 Å². The lowest BCUT2D eigenvalue weighted by Gasteiger charge is -2.20.